The summed E-state index contributed by atoms with van der Waals surface area (Å²) in [5.74, 6) is 0.676. The first kappa shape index (κ1) is 23.0. The second-order valence-corrected chi connectivity index (χ2v) is 6.17. The van der Waals surface area contributed by atoms with Crippen molar-refractivity contribution in [1.29, 1.82) is 0 Å². The van der Waals surface area contributed by atoms with Crippen molar-refractivity contribution in [3.8, 4) is 17.2 Å². The van der Waals surface area contributed by atoms with Crippen molar-refractivity contribution >= 4 is 29.4 Å². The van der Waals surface area contributed by atoms with Gasteiger partial charge in [0.15, 0.2) is 11.5 Å². The van der Waals surface area contributed by atoms with Crippen molar-refractivity contribution in [2.75, 3.05) is 19.8 Å². The van der Waals surface area contributed by atoms with Crippen molar-refractivity contribution in [3.05, 3.63) is 56.6 Å². The van der Waals surface area contributed by atoms with Gasteiger partial charge in [0.05, 0.1) is 31.0 Å². The van der Waals surface area contributed by atoms with Crippen LogP contribution in [0.1, 0.15) is 36.7 Å². The number of hydrogen-bond acceptors (Lipinski definition) is 7. The van der Waals surface area contributed by atoms with Gasteiger partial charge in [-0.15, -0.1) is 0 Å². The molecule has 0 heterocycles. The summed E-state index contributed by atoms with van der Waals surface area (Å²) in [6.07, 6.45) is 1.28. The van der Waals surface area contributed by atoms with E-state index in [0.29, 0.717) is 42.6 Å². The van der Waals surface area contributed by atoms with Crippen molar-refractivity contribution in [2.24, 2.45) is 5.10 Å². The Labute approximate surface area is 178 Å². The van der Waals surface area contributed by atoms with E-state index in [1.165, 1.54) is 30.5 Å². The van der Waals surface area contributed by atoms with Gasteiger partial charge in [-0.3, -0.25) is 14.9 Å². The second kappa shape index (κ2) is 11.0. The summed E-state index contributed by atoms with van der Waals surface area (Å²) in [4.78, 5) is 22.9. The van der Waals surface area contributed by atoms with Gasteiger partial charge in [0, 0.05) is 17.2 Å². The summed E-state index contributed by atoms with van der Waals surface area (Å²) >= 11 is 5.78. The van der Waals surface area contributed by atoms with Gasteiger partial charge in [-0.25, -0.2) is 5.43 Å². The van der Waals surface area contributed by atoms with Gasteiger partial charge in [-0.2, -0.15) is 5.10 Å². The number of halogens is 1. The lowest BCUT2D eigenvalue weighted by molar-refractivity contribution is -0.384. The predicted octanol–water partition coefficient (Wildman–Crippen LogP) is 4.21. The quantitative estimate of drug-likeness (QED) is 0.340. The highest BCUT2D eigenvalue weighted by Crippen LogP contribution is 2.39. The van der Waals surface area contributed by atoms with Crippen LogP contribution in [0.5, 0.6) is 17.2 Å². The van der Waals surface area contributed by atoms with Gasteiger partial charge in [0.25, 0.3) is 11.6 Å². The molecular formula is C20H22ClN3O6. The zero-order valence-corrected chi connectivity index (χ0v) is 17.6. The molecule has 0 aliphatic heterocycles. The number of rotatable bonds is 10. The number of nitro groups is 1. The Morgan fingerprint density at radius 3 is 2.23 bits per heavy atom. The topological polar surface area (TPSA) is 112 Å². The molecular weight excluding hydrogens is 414 g/mol. The fraction of sp³-hybridized carbons (Fsp3) is 0.300. The molecule has 0 spiro atoms. The van der Waals surface area contributed by atoms with E-state index >= 15 is 0 Å². The standard InChI is InChI=1S/C20H22ClN3O6/c1-4-28-17-10-14(11-18(29-5-2)19(17)30-6-3)20(25)23-22-12-13-7-8-15(21)16(9-13)24(26)27/h7-12H,4-6H2,1-3H3,(H,23,25)/b22-12-. The maximum atomic E-state index is 12.5. The number of carbonyl (C=O) groups excluding carboxylic acids is 1. The number of amides is 1. The summed E-state index contributed by atoms with van der Waals surface area (Å²) in [5, 5.41) is 14.8. The molecule has 0 saturated heterocycles. The van der Waals surface area contributed by atoms with E-state index in [1.807, 2.05) is 20.8 Å². The average Bonchev–Trinajstić information content (AvgIpc) is 2.71. The number of nitrogens with one attached hydrogen (secondary N) is 1. The number of benzene rings is 2. The van der Waals surface area contributed by atoms with Crippen LogP contribution < -0.4 is 19.6 Å². The summed E-state index contributed by atoms with van der Waals surface area (Å²) in [6, 6.07) is 7.26. The van der Waals surface area contributed by atoms with Crippen LogP contribution in [-0.4, -0.2) is 36.9 Å². The van der Waals surface area contributed by atoms with Crippen LogP contribution in [0.4, 0.5) is 5.69 Å². The van der Waals surface area contributed by atoms with Gasteiger partial charge in [-0.05, 0) is 39.0 Å². The smallest absolute Gasteiger partial charge is 0.288 e. The van der Waals surface area contributed by atoms with Crippen LogP contribution in [-0.2, 0) is 0 Å². The van der Waals surface area contributed by atoms with E-state index in [0.717, 1.165) is 0 Å². The van der Waals surface area contributed by atoms with Crippen LogP contribution in [0.3, 0.4) is 0 Å². The van der Waals surface area contributed by atoms with Crippen LogP contribution in [0.25, 0.3) is 0 Å². The van der Waals surface area contributed by atoms with Gasteiger partial charge < -0.3 is 14.2 Å². The molecule has 10 heteroatoms. The van der Waals surface area contributed by atoms with Crippen LogP contribution >= 0.6 is 11.6 Å². The minimum atomic E-state index is -0.595. The number of carbonyl (C=O) groups is 1. The van der Waals surface area contributed by atoms with Crippen LogP contribution in [0, 0.1) is 10.1 Å². The normalized spacial score (nSPS) is 10.7. The SMILES string of the molecule is CCOc1cc(C(=O)N/N=C\c2ccc(Cl)c([N+](=O)[O-])c2)cc(OCC)c1OCC. The third-order valence-corrected chi connectivity index (χ3v) is 4.04. The molecule has 0 aromatic heterocycles. The van der Waals surface area contributed by atoms with Gasteiger partial charge >= 0.3 is 0 Å². The van der Waals surface area contributed by atoms with Crippen molar-refractivity contribution in [3.63, 3.8) is 0 Å². The minimum Gasteiger partial charge on any atom is -0.490 e. The molecule has 160 valence electrons. The van der Waals surface area contributed by atoms with Gasteiger partial charge in [0.1, 0.15) is 5.02 Å². The molecule has 1 amide bonds. The summed E-state index contributed by atoms with van der Waals surface area (Å²) in [5.41, 5.74) is 2.79. The Bertz CT molecular complexity index is 921. The zero-order valence-electron chi connectivity index (χ0n) is 16.8. The third-order valence-electron chi connectivity index (χ3n) is 3.72. The molecule has 2 rings (SSSR count). The van der Waals surface area contributed by atoms with Crippen molar-refractivity contribution in [1.82, 2.24) is 5.43 Å². The van der Waals surface area contributed by atoms with E-state index < -0.39 is 10.8 Å². The van der Waals surface area contributed by atoms with E-state index in [1.54, 1.807) is 6.07 Å². The highest BCUT2D eigenvalue weighted by Gasteiger charge is 2.18. The first-order valence-corrected chi connectivity index (χ1v) is 9.62. The molecule has 9 nitrogen and oxygen atoms in total. The largest absolute Gasteiger partial charge is 0.490 e. The fourth-order valence-corrected chi connectivity index (χ4v) is 2.69. The second-order valence-electron chi connectivity index (χ2n) is 5.77. The molecule has 0 atom stereocenters. The molecule has 1 N–H and O–H groups in total. The predicted molar refractivity (Wildman–Crippen MR) is 113 cm³/mol. The lowest BCUT2D eigenvalue weighted by Gasteiger charge is -2.16. The number of nitro benzene ring substituents is 1. The monoisotopic (exact) mass is 435 g/mol. The molecule has 0 unspecified atom stereocenters. The Hall–Kier alpha value is -3.33. The summed E-state index contributed by atoms with van der Waals surface area (Å²) in [7, 11) is 0. The highest BCUT2D eigenvalue weighted by atomic mass is 35.5. The Balaban J connectivity index is 2.24. The van der Waals surface area contributed by atoms with Crippen molar-refractivity contribution < 1.29 is 23.9 Å². The van der Waals surface area contributed by atoms with Crippen LogP contribution in [0.2, 0.25) is 5.02 Å². The Morgan fingerprint density at radius 1 is 1.10 bits per heavy atom. The highest BCUT2D eigenvalue weighted by molar-refractivity contribution is 6.32. The molecule has 0 bridgehead atoms. The van der Waals surface area contributed by atoms with Gasteiger partial charge in [0.2, 0.25) is 5.75 Å². The molecule has 2 aromatic rings. The first-order valence-electron chi connectivity index (χ1n) is 9.24. The Kier molecular flexibility index (Phi) is 8.42. The number of hydrogen-bond donors (Lipinski definition) is 1. The van der Waals surface area contributed by atoms with E-state index in [-0.39, 0.29) is 16.3 Å². The molecule has 0 aliphatic carbocycles. The molecule has 0 fully saturated rings. The lowest BCUT2D eigenvalue weighted by atomic mass is 10.1. The number of hydrazone groups is 1. The Morgan fingerprint density at radius 2 is 1.70 bits per heavy atom. The lowest BCUT2D eigenvalue weighted by Crippen LogP contribution is -2.18. The zero-order chi connectivity index (χ0) is 22.1. The third kappa shape index (κ3) is 5.84. The maximum Gasteiger partial charge on any atom is 0.288 e. The van der Waals surface area contributed by atoms with E-state index in [4.69, 9.17) is 25.8 Å². The first-order chi connectivity index (χ1) is 14.4. The van der Waals surface area contributed by atoms with Crippen LogP contribution in [0.15, 0.2) is 35.4 Å². The fourth-order valence-electron chi connectivity index (χ4n) is 2.50. The van der Waals surface area contributed by atoms with Gasteiger partial charge in [-0.1, -0.05) is 17.7 Å². The number of ether oxygens (including phenoxy) is 3. The molecule has 0 aliphatic rings. The van der Waals surface area contributed by atoms with E-state index in [2.05, 4.69) is 10.5 Å². The molecule has 0 saturated carbocycles. The molecule has 2 aromatic carbocycles. The molecule has 30 heavy (non-hydrogen) atoms. The average molecular weight is 436 g/mol. The number of nitrogens with zero attached hydrogens (tertiary/aromatic N) is 2. The maximum absolute atomic E-state index is 12.5. The summed E-state index contributed by atoms with van der Waals surface area (Å²) in [6.45, 7) is 6.64. The van der Waals surface area contributed by atoms with Crippen molar-refractivity contribution in [2.45, 2.75) is 20.8 Å². The minimum absolute atomic E-state index is 0.0162. The molecule has 0 radical (unpaired) electrons. The van der Waals surface area contributed by atoms with E-state index in [9.17, 15) is 14.9 Å². The summed E-state index contributed by atoms with van der Waals surface area (Å²) < 4.78 is 16.8.